The zero-order valence-corrected chi connectivity index (χ0v) is 18.6. The highest BCUT2D eigenvalue weighted by atomic mass is 35.5. The Bertz CT molecular complexity index is 2140. The van der Waals surface area contributed by atoms with E-state index in [0.717, 1.165) is 21.5 Å². The van der Waals surface area contributed by atoms with E-state index in [0.29, 0.717) is 54.2 Å². The van der Waals surface area contributed by atoms with Crippen LogP contribution in [0.25, 0.3) is 65.7 Å². The normalized spacial score (nSPS) is 12.6. The van der Waals surface area contributed by atoms with Crippen LogP contribution in [0.2, 0.25) is 10.0 Å². The minimum Gasteiger partial charge on any atom is -0.268 e. The van der Waals surface area contributed by atoms with Gasteiger partial charge in [-0.2, -0.15) is 0 Å². The number of benzene rings is 4. The SMILES string of the molecule is O=c1c2ccc3c4c(ccc(c24)c2nc4ccc(Cl)cc4n12)c(=O)n1c2cc(Cl)ccc2nc31. The molecule has 6 nitrogen and oxygen atoms in total. The van der Waals surface area contributed by atoms with Crippen LogP contribution in [0.1, 0.15) is 0 Å². The Morgan fingerprint density at radius 1 is 0.559 bits per heavy atom. The number of fused-ring (bicyclic) bond motifs is 8. The van der Waals surface area contributed by atoms with Gasteiger partial charge >= 0.3 is 0 Å². The lowest BCUT2D eigenvalue weighted by Crippen LogP contribution is -2.16. The minimum absolute atomic E-state index is 0.200. The van der Waals surface area contributed by atoms with Crippen LogP contribution < -0.4 is 11.1 Å². The molecule has 0 N–H and O–H groups in total. The number of nitrogens with zero attached hydrogens (tertiary/aromatic N) is 4. The first-order chi connectivity index (χ1) is 16.5. The molecule has 4 heterocycles. The molecular weight excluding hydrogens is 471 g/mol. The van der Waals surface area contributed by atoms with Crippen LogP contribution in [-0.2, 0) is 0 Å². The van der Waals surface area contributed by atoms with Crippen molar-refractivity contribution in [1.82, 2.24) is 18.8 Å². The predicted molar refractivity (Wildman–Crippen MR) is 136 cm³/mol. The van der Waals surface area contributed by atoms with E-state index in [4.69, 9.17) is 33.2 Å². The van der Waals surface area contributed by atoms with Gasteiger partial charge < -0.3 is 0 Å². The van der Waals surface area contributed by atoms with Crippen molar-refractivity contribution in [2.45, 2.75) is 0 Å². The molecule has 0 saturated heterocycles. The lowest BCUT2D eigenvalue weighted by atomic mass is 9.96. The Balaban J connectivity index is 1.69. The Morgan fingerprint density at radius 2 is 0.971 bits per heavy atom. The summed E-state index contributed by atoms with van der Waals surface area (Å²) in [5, 5.41) is 5.13. The maximum absolute atomic E-state index is 13.7. The zero-order valence-electron chi connectivity index (χ0n) is 17.1. The van der Waals surface area contributed by atoms with Crippen molar-refractivity contribution in [3.05, 3.63) is 91.4 Å². The lowest BCUT2D eigenvalue weighted by Gasteiger charge is -2.12. The fraction of sp³-hybridized carbons (Fsp3) is 0. The van der Waals surface area contributed by atoms with Gasteiger partial charge in [-0.3, -0.25) is 18.4 Å². The number of halogens is 2. The number of hydrogen-bond acceptors (Lipinski definition) is 4. The van der Waals surface area contributed by atoms with E-state index < -0.39 is 0 Å². The summed E-state index contributed by atoms with van der Waals surface area (Å²) in [5.74, 6) is 0. The Morgan fingerprint density at radius 3 is 1.41 bits per heavy atom. The van der Waals surface area contributed by atoms with Gasteiger partial charge in [-0.1, -0.05) is 23.2 Å². The van der Waals surface area contributed by atoms with E-state index in [1.165, 1.54) is 0 Å². The van der Waals surface area contributed by atoms with E-state index >= 15 is 0 Å². The fourth-order valence-electron chi connectivity index (χ4n) is 5.33. The monoisotopic (exact) mass is 480 g/mol. The molecular formula is C26H10Cl2N4O2. The van der Waals surface area contributed by atoms with Gasteiger partial charge in [0.15, 0.2) is 0 Å². The summed E-state index contributed by atoms with van der Waals surface area (Å²) in [6.45, 7) is 0. The van der Waals surface area contributed by atoms with Gasteiger partial charge in [0.05, 0.1) is 22.1 Å². The smallest absolute Gasteiger partial charge is 0.264 e. The third-order valence-corrected chi connectivity index (χ3v) is 7.21. The highest BCUT2D eigenvalue weighted by molar-refractivity contribution is 6.32. The lowest BCUT2D eigenvalue weighted by molar-refractivity contribution is 1.18. The standard InChI is InChI=1S/C26H10Cl2N4O2/c27-11-1-7-17-19(9-11)31-23(29-17)13-3-5-16-22-14(4-6-15(21(13)22)25(31)33)24-30-18-8-2-12(28)10-20(18)32(24)26(16)34/h1-10H. The van der Waals surface area contributed by atoms with Crippen LogP contribution in [0, 0.1) is 0 Å². The molecule has 0 aliphatic carbocycles. The molecule has 0 spiro atoms. The van der Waals surface area contributed by atoms with Crippen LogP contribution in [0.5, 0.6) is 0 Å². The van der Waals surface area contributed by atoms with Crippen molar-refractivity contribution in [3.63, 3.8) is 0 Å². The predicted octanol–water partition coefficient (Wildman–Crippen LogP) is 5.65. The summed E-state index contributed by atoms with van der Waals surface area (Å²) in [6.07, 6.45) is 0. The maximum atomic E-state index is 13.7. The molecule has 0 aliphatic rings. The summed E-state index contributed by atoms with van der Waals surface area (Å²) >= 11 is 12.4. The van der Waals surface area contributed by atoms with Crippen molar-refractivity contribution in [2.24, 2.45) is 0 Å². The third kappa shape index (κ3) is 2.04. The molecule has 4 aromatic carbocycles. The first-order valence-electron chi connectivity index (χ1n) is 10.6. The maximum Gasteiger partial charge on any atom is 0.264 e. The van der Waals surface area contributed by atoms with E-state index in [1.54, 1.807) is 57.3 Å². The second-order valence-corrected chi connectivity index (χ2v) is 9.36. The van der Waals surface area contributed by atoms with Crippen LogP contribution in [0.4, 0.5) is 0 Å². The molecule has 0 radical (unpaired) electrons. The van der Waals surface area contributed by atoms with Crippen molar-refractivity contribution in [3.8, 4) is 0 Å². The first kappa shape index (κ1) is 18.4. The summed E-state index contributed by atoms with van der Waals surface area (Å²) < 4.78 is 3.20. The number of imidazole rings is 2. The van der Waals surface area contributed by atoms with Crippen molar-refractivity contribution in [2.75, 3.05) is 0 Å². The topological polar surface area (TPSA) is 68.7 Å². The highest BCUT2D eigenvalue weighted by Crippen LogP contribution is 2.37. The zero-order chi connectivity index (χ0) is 22.9. The largest absolute Gasteiger partial charge is 0.268 e. The van der Waals surface area contributed by atoms with Crippen molar-refractivity contribution < 1.29 is 0 Å². The fourth-order valence-corrected chi connectivity index (χ4v) is 5.67. The summed E-state index contributed by atoms with van der Waals surface area (Å²) in [6, 6.07) is 18.0. The van der Waals surface area contributed by atoms with E-state index in [1.807, 2.05) is 12.1 Å². The van der Waals surface area contributed by atoms with Gasteiger partial charge in [-0.05, 0) is 60.7 Å². The Labute approximate surface area is 198 Å². The van der Waals surface area contributed by atoms with Gasteiger partial charge in [0.2, 0.25) is 0 Å². The molecule has 160 valence electrons. The van der Waals surface area contributed by atoms with Crippen LogP contribution in [0.3, 0.4) is 0 Å². The second kappa shape index (κ2) is 5.91. The van der Waals surface area contributed by atoms with Gasteiger partial charge in [0, 0.05) is 42.4 Å². The molecule has 4 aromatic heterocycles. The Hall–Kier alpha value is -4.00. The molecule has 0 amide bonds. The summed E-state index contributed by atoms with van der Waals surface area (Å²) in [5.41, 5.74) is 3.35. The van der Waals surface area contributed by atoms with Gasteiger partial charge in [0.25, 0.3) is 11.1 Å². The van der Waals surface area contributed by atoms with Crippen LogP contribution in [-0.4, -0.2) is 18.8 Å². The first-order valence-corrected chi connectivity index (χ1v) is 11.3. The van der Waals surface area contributed by atoms with Gasteiger partial charge in [-0.25, -0.2) is 9.97 Å². The molecule has 0 aliphatic heterocycles. The van der Waals surface area contributed by atoms with E-state index in [-0.39, 0.29) is 11.1 Å². The molecule has 0 atom stereocenters. The number of pyridine rings is 2. The quantitative estimate of drug-likeness (QED) is 0.263. The van der Waals surface area contributed by atoms with Crippen molar-refractivity contribution >= 4 is 88.9 Å². The highest BCUT2D eigenvalue weighted by Gasteiger charge is 2.22. The van der Waals surface area contributed by atoms with E-state index in [2.05, 4.69) is 0 Å². The summed E-state index contributed by atoms with van der Waals surface area (Å²) in [4.78, 5) is 36.8. The molecule has 34 heavy (non-hydrogen) atoms. The minimum atomic E-state index is -0.200. The van der Waals surface area contributed by atoms with E-state index in [9.17, 15) is 9.59 Å². The molecule has 0 fully saturated rings. The summed E-state index contributed by atoms with van der Waals surface area (Å²) in [7, 11) is 0. The molecule has 8 aromatic rings. The average molecular weight is 481 g/mol. The molecule has 0 saturated carbocycles. The van der Waals surface area contributed by atoms with Crippen LogP contribution >= 0.6 is 23.2 Å². The van der Waals surface area contributed by atoms with Gasteiger partial charge in [0.1, 0.15) is 11.3 Å². The Kier molecular flexibility index (Phi) is 3.21. The molecule has 0 bridgehead atoms. The third-order valence-electron chi connectivity index (χ3n) is 6.74. The van der Waals surface area contributed by atoms with Crippen molar-refractivity contribution in [1.29, 1.82) is 0 Å². The number of rotatable bonds is 0. The van der Waals surface area contributed by atoms with Gasteiger partial charge in [-0.15, -0.1) is 0 Å². The number of hydrogen-bond donors (Lipinski definition) is 0. The molecule has 8 heteroatoms. The molecule has 8 rings (SSSR count). The average Bonchev–Trinajstić information content (AvgIpc) is 3.40. The second-order valence-electron chi connectivity index (χ2n) is 8.49. The number of aromatic nitrogens is 4. The molecule has 0 unspecified atom stereocenters. The van der Waals surface area contributed by atoms with Crippen LogP contribution in [0.15, 0.2) is 70.3 Å².